The molecule has 1 saturated heterocycles. The molecule has 1 aliphatic rings. The SMILES string of the molecule is Cc1ccc(C)c(-c2nn(CC(=O)N3C(C)CCCC3C)c(=O)c3ccccc23)c1. The Morgan fingerprint density at radius 1 is 1.03 bits per heavy atom. The number of piperidine rings is 1. The summed E-state index contributed by atoms with van der Waals surface area (Å²) in [4.78, 5) is 28.3. The largest absolute Gasteiger partial charge is 0.336 e. The van der Waals surface area contributed by atoms with E-state index in [1.165, 1.54) is 4.68 Å². The van der Waals surface area contributed by atoms with Crippen LogP contribution >= 0.6 is 0 Å². The Hall–Kier alpha value is -2.95. The number of likely N-dealkylation sites (tertiary alicyclic amines) is 1. The van der Waals surface area contributed by atoms with Crippen LogP contribution in [0, 0.1) is 13.8 Å². The van der Waals surface area contributed by atoms with Gasteiger partial charge in [0, 0.05) is 23.0 Å². The Morgan fingerprint density at radius 3 is 2.40 bits per heavy atom. The lowest BCUT2D eigenvalue weighted by Crippen LogP contribution is -2.49. The van der Waals surface area contributed by atoms with Gasteiger partial charge in [-0.15, -0.1) is 0 Å². The van der Waals surface area contributed by atoms with Crippen LogP contribution in [0.25, 0.3) is 22.0 Å². The number of aromatic nitrogens is 2. The molecule has 0 saturated carbocycles. The van der Waals surface area contributed by atoms with Crippen LogP contribution in [-0.4, -0.2) is 32.7 Å². The van der Waals surface area contributed by atoms with Gasteiger partial charge in [-0.2, -0.15) is 5.10 Å². The van der Waals surface area contributed by atoms with E-state index in [9.17, 15) is 9.59 Å². The molecule has 156 valence electrons. The second-order valence-electron chi connectivity index (χ2n) is 8.61. The van der Waals surface area contributed by atoms with Gasteiger partial charge in [0.1, 0.15) is 6.54 Å². The zero-order valence-electron chi connectivity index (χ0n) is 18.2. The summed E-state index contributed by atoms with van der Waals surface area (Å²) in [5, 5.41) is 6.13. The summed E-state index contributed by atoms with van der Waals surface area (Å²) >= 11 is 0. The van der Waals surface area contributed by atoms with Crippen molar-refractivity contribution < 1.29 is 4.79 Å². The third kappa shape index (κ3) is 3.64. The summed E-state index contributed by atoms with van der Waals surface area (Å²) in [7, 11) is 0. The fourth-order valence-corrected chi connectivity index (χ4v) is 4.65. The van der Waals surface area contributed by atoms with Gasteiger partial charge in [-0.1, -0.05) is 35.9 Å². The standard InChI is InChI=1S/C25H29N3O2/c1-16-12-13-17(2)22(14-16)24-20-10-5-6-11-21(20)25(30)27(26-24)15-23(29)28-18(3)8-7-9-19(28)4/h5-6,10-14,18-19H,7-9,15H2,1-4H3. The molecule has 30 heavy (non-hydrogen) atoms. The fraction of sp³-hybridized carbons (Fsp3) is 0.400. The molecule has 2 atom stereocenters. The number of nitrogens with zero attached hydrogens (tertiary/aromatic N) is 3. The van der Waals surface area contributed by atoms with E-state index in [1.54, 1.807) is 0 Å². The molecule has 1 aromatic heterocycles. The van der Waals surface area contributed by atoms with Gasteiger partial charge in [0.15, 0.2) is 0 Å². The number of carbonyl (C=O) groups is 1. The highest BCUT2D eigenvalue weighted by molar-refractivity contribution is 5.94. The Kier molecular flexibility index (Phi) is 5.46. The molecule has 0 bridgehead atoms. The molecule has 0 spiro atoms. The Bertz CT molecular complexity index is 1150. The van der Waals surface area contributed by atoms with Crippen LogP contribution in [0.1, 0.15) is 44.2 Å². The zero-order valence-corrected chi connectivity index (χ0v) is 18.2. The number of amides is 1. The Morgan fingerprint density at radius 2 is 1.70 bits per heavy atom. The van der Waals surface area contributed by atoms with Crippen LogP contribution < -0.4 is 5.56 Å². The topological polar surface area (TPSA) is 55.2 Å². The zero-order chi connectivity index (χ0) is 21.4. The number of rotatable bonds is 3. The van der Waals surface area contributed by atoms with Gasteiger partial charge in [-0.05, 0) is 64.7 Å². The molecule has 0 radical (unpaired) electrons. The maximum absolute atomic E-state index is 13.2. The monoisotopic (exact) mass is 403 g/mol. The molecular weight excluding hydrogens is 374 g/mol. The molecule has 1 aliphatic heterocycles. The first-order valence-corrected chi connectivity index (χ1v) is 10.8. The molecule has 0 N–H and O–H groups in total. The van der Waals surface area contributed by atoms with E-state index in [2.05, 4.69) is 32.0 Å². The highest BCUT2D eigenvalue weighted by atomic mass is 16.2. The van der Waals surface area contributed by atoms with Gasteiger partial charge in [-0.25, -0.2) is 4.68 Å². The van der Waals surface area contributed by atoms with Gasteiger partial charge in [0.05, 0.1) is 11.1 Å². The van der Waals surface area contributed by atoms with Crippen LogP contribution in [0.3, 0.4) is 0 Å². The molecule has 4 rings (SSSR count). The quantitative estimate of drug-likeness (QED) is 0.648. The number of aryl methyl sites for hydroxylation is 2. The van der Waals surface area contributed by atoms with E-state index in [-0.39, 0.29) is 30.1 Å². The number of benzene rings is 2. The molecule has 5 heteroatoms. The average Bonchev–Trinajstić information content (AvgIpc) is 2.72. The van der Waals surface area contributed by atoms with E-state index in [0.717, 1.165) is 47.0 Å². The van der Waals surface area contributed by atoms with Crippen LogP contribution in [-0.2, 0) is 11.3 Å². The summed E-state index contributed by atoms with van der Waals surface area (Å²) in [6.45, 7) is 8.24. The van der Waals surface area contributed by atoms with Crippen molar-refractivity contribution in [2.45, 2.75) is 65.6 Å². The summed E-state index contributed by atoms with van der Waals surface area (Å²) in [5.41, 5.74) is 3.75. The summed E-state index contributed by atoms with van der Waals surface area (Å²) in [5.74, 6) is -0.0357. The highest BCUT2D eigenvalue weighted by Gasteiger charge is 2.29. The highest BCUT2D eigenvalue weighted by Crippen LogP contribution is 2.28. The second kappa shape index (κ2) is 8.05. The maximum atomic E-state index is 13.2. The predicted octanol–water partition coefficient (Wildman–Crippen LogP) is 4.47. The molecule has 1 amide bonds. The van der Waals surface area contributed by atoms with Crippen molar-refractivity contribution in [1.29, 1.82) is 0 Å². The average molecular weight is 404 g/mol. The summed E-state index contributed by atoms with van der Waals surface area (Å²) in [6.07, 6.45) is 3.14. The second-order valence-corrected chi connectivity index (χ2v) is 8.61. The molecule has 3 aromatic rings. The van der Waals surface area contributed by atoms with Crippen molar-refractivity contribution in [2.75, 3.05) is 0 Å². The minimum Gasteiger partial charge on any atom is -0.336 e. The Balaban J connectivity index is 1.83. The van der Waals surface area contributed by atoms with Crippen LogP contribution in [0.5, 0.6) is 0 Å². The van der Waals surface area contributed by atoms with E-state index in [0.29, 0.717) is 5.39 Å². The van der Waals surface area contributed by atoms with Crippen molar-refractivity contribution in [3.05, 3.63) is 63.9 Å². The van der Waals surface area contributed by atoms with Crippen molar-refractivity contribution in [1.82, 2.24) is 14.7 Å². The first-order chi connectivity index (χ1) is 14.4. The lowest BCUT2D eigenvalue weighted by molar-refractivity contribution is -0.138. The molecule has 1 fully saturated rings. The molecule has 0 aliphatic carbocycles. The molecule has 5 nitrogen and oxygen atoms in total. The van der Waals surface area contributed by atoms with Crippen LogP contribution in [0.15, 0.2) is 47.3 Å². The number of hydrogen-bond donors (Lipinski definition) is 0. The smallest absolute Gasteiger partial charge is 0.275 e. The van der Waals surface area contributed by atoms with Crippen molar-refractivity contribution in [3.8, 4) is 11.3 Å². The Labute approximate surface area is 177 Å². The minimum absolute atomic E-state index is 0.0315. The minimum atomic E-state index is -0.217. The number of hydrogen-bond acceptors (Lipinski definition) is 3. The van der Waals surface area contributed by atoms with E-state index in [4.69, 9.17) is 5.10 Å². The molecule has 2 unspecified atom stereocenters. The van der Waals surface area contributed by atoms with Crippen LogP contribution in [0.2, 0.25) is 0 Å². The first-order valence-electron chi connectivity index (χ1n) is 10.8. The van der Waals surface area contributed by atoms with Gasteiger partial charge in [0.2, 0.25) is 5.91 Å². The lowest BCUT2D eigenvalue weighted by Gasteiger charge is -2.39. The molecule has 2 heterocycles. The third-order valence-electron chi connectivity index (χ3n) is 6.28. The molecular formula is C25H29N3O2. The fourth-order valence-electron chi connectivity index (χ4n) is 4.65. The van der Waals surface area contributed by atoms with E-state index < -0.39 is 0 Å². The lowest BCUT2D eigenvalue weighted by atomic mass is 9.97. The van der Waals surface area contributed by atoms with E-state index >= 15 is 0 Å². The van der Waals surface area contributed by atoms with Crippen molar-refractivity contribution >= 4 is 16.7 Å². The van der Waals surface area contributed by atoms with Crippen molar-refractivity contribution in [2.24, 2.45) is 0 Å². The molecule has 2 aromatic carbocycles. The van der Waals surface area contributed by atoms with E-state index in [1.807, 2.05) is 43.0 Å². The third-order valence-corrected chi connectivity index (χ3v) is 6.28. The predicted molar refractivity (Wildman–Crippen MR) is 121 cm³/mol. The normalized spacial score (nSPS) is 19.3. The van der Waals surface area contributed by atoms with Gasteiger partial charge in [-0.3, -0.25) is 9.59 Å². The summed E-state index contributed by atoms with van der Waals surface area (Å²) in [6, 6.07) is 14.1. The number of carbonyl (C=O) groups excluding carboxylic acids is 1. The van der Waals surface area contributed by atoms with Gasteiger partial charge in [0.25, 0.3) is 5.56 Å². The summed E-state index contributed by atoms with van der Waals surface area (Å²) < 4.78 is 1.36. The first kappa shape index (κ1) is 20.3. The van der Waals surface area contributed by atoms with Crippen molar-refractivity contribution in [3.63, 3.8) is 0 Å². The van der Waals surface area contributed by atoms with Gasteiger partial charge >= 0.3 is 0 Å². The van der Waals surface area contributed by atoms with Crippen LogP contribution in [0.4, 0.5) is 0 Å². The number of fused-ring (bicyclic) bond motifs is 1. The van der Waals surface area contributed by atoms with Gasteiger partial charge < -0.3 is 4.90 Å². The maximum Gasteiger partial charge on any atom is 0.275 e.